The van der Waals surface area contributed by atoms with Crippen LogP contribution in [0.3, 0.4) is 0 Å². The third kappa shape index (κ3) is 2.02. The quantitative estimate of drug-likeness (QED) is 0.553. The molecule has 1 saturated carbocycles. The Bertz CT molecular complexity index is 261. The largest absolute Gasteiger partial charge is 0.479 e. The zero-order chi connectivity index (χ0) is 10.6. The Labute approximate surface area is 83.0 Å². The van der Waals surface area contributed by atoms with Gasteiger partial charge in [-0.2, -0.15) is 4.99 Å². The molecule has 1 fully saturated rings. The minimum Gasteiger partial charge on any atom is -0.479 e. The van der Waals surface area contributed by atoms with E-state index in [9.17, 15) is 9.59 Å². The van der Waals surface area contributed by atoms with Crippen LogP contribution in [0.4, 0.5) is 0 Å². The summed E-state index contributed by atoms with van der Waals surface area (Å²) in [6.07, 6.45) is 6.27. The summed E-state index contributed by atoms with van der Waals surface area (Å²) < 4.78 is 0. The van der Waals surface area contributed by atoms with Gasteiger partial charge in [-0.25, -0.2) is 9.59 Å². The first-order valence-electron chi connectivity index (χ1n) is 4.93. The lowest BCUT2D eigenvalue weighted by atomic mass is 9.76. The predicted molar refractivity (Wildman–Crippen MR) is 50.7 cm³/mol. The minimum absolute atomic E-state index is 0.0183. The van der Waals surface area contributed by atoms with Crippen molar-refractivity contribution in [2.24, 2.45) is 10.9 Å². The maximum Gasteiger partial charge on any atom is 0.332 e. The molecule has 4 heteroatoms. The second kappa shape index (κ2) is 4.38. The zero-order valence-electron chi connectivity index (χ0n) is 8.32. The lowest BCUT2D eigenvalue weighted by molar-refractivity contribution is -0.145. The monoisotopic (exact) mass is 197 g/mol. The molecule has 1 N–H and O–H groups in total. The van der Waals surface area contributed by atoms with Crippen LogP contribution in [0.5, 0.6) is 0 Å². The Morgan fingerprint density at radius 3 is 2.43 bits per heavy atom. The molecule has 0 saturated heterocycles. The zero-order valence-corrected chi connectivity index (χ0v) is 8.32. The van der Waals surface area contributed by atoms with Gasteiger partial charge in [0.25, 0.3) is 0 Å². The highest BCUT2D eigenvalue weighted by atomic mass is 16.4. The Hall–Kier alpha value is -1.15. The lowest BCUT2D eigenvalue weighted by Gasteiger charge is -2.31. The third-order valence-corrected chi connectivity index (χ3v) is 3.11. The van der Waals surface area contributed by atoms with E-state index in [1.54, 1.807) is 0 Å². The van der Waals surface area contributed by atoms with E-state index in [1.165, 1.54) is 13.0 Å². The number of carboxylic acids is 1. The second-order valence-corrected chi connectivity index (χ2v) is 3.99. The number of aliphatic imine (C=N–C) groups is 1. The Morgan fingerprint density at radius 2 is 2.00 bits per heavy atom. The Morgan fingerprint density at radius 1 is 1.43 bits per heavy atom. The van der Waals surface area contributed by atoms with E-state index in [0.717, 1.165) is 32.1 Å². The molecule has 0 aromatic carbocycles. The Kier molecular flexibility index (Phi) is 3.42. The summed E-state index contributed by atoms with van der Waals surface area (Å²) in [5.41, 5.74) is -1.26. The molecule has 0 unspecified atom stereocenters. The molecule has 0 bridgehead atoms. The highest BCUT2D eigenvalue weighted by molar-refractivity contribution is 5.80. The van der Waals surface area contributed by atoms with Crippen LogP contribution in [0.2, 0.25) is 0 Å². The van der Waals surface area contributed by atoms with Gasteiger partial charge in [0.15, 0.2) is 5.54 Å². The van der Waals surface area contributed by atoms with E-state index in [2.05, 4.69) is 4.99 Å². The number of carbonyl (C=O) groups is 1. The highest BCUT2D eigenvalue weighted by Gasteiger charge is 2.41. The van der Waals surface area contributed by atoms with Gasteiger partial charge in [0.2, 0.25) is 6.08 Å². The molecule has 14 heavy (non-hydrogen) atoms. The molecule has 4 nitrogen and oxygen atoms in total. The van der Waals surface area contributed by atoms with Crippen LogP contribution in [0, 0.1) is 5.92 Å². The van der Waals surface area contributed by atoms with Crippen molar-refractivity contribution in [2.75, 3.05) is 0 Å². The van der Waals surface area contributed by atoms with Crippen LogP contribution in [-0.2, 0) is 9.59 Å². The molecule has 1 aliphatic carbocycles. The van der Waals surface area contributed by atoms with Gasteiger partial charge in [0, 0.05) is 0 Å². The number of carboxylic acid groups (broad SMARTS) is 1. The van der Waals surface area contributed by atoms with Crippen molar-refractivity contribution in [3.63, 3.8) is 0 Å². The number of rotatable bonds is 3. The van der Waals surface area contributed by atoms with Crippen LogP contribution >= 0.6 is 0 Å². The number of isocyanates is 1. The number of hydrogen-bond donors (Lipinski definition) is 1. The number of carbonyl (C=O) groups excluding carboxylic acids is 1. The normalized spacial score (nSPS) is 22.1. The van der Waals surface area contributed by atoms with Gasteiger partial charge in [-0.1, -0.05) is 19.3 Å². The first-order chi connectivity index (χ1) is 6.61. The molecule has 1 atom stereocenters. The van der Waals surface area contributed by atoms with Crippen LogP contribution in [0.25, 0.3) is 0 Å². The molecule has 0 aromatic heterocycles. The van der Waals surface area contributed by atoms with Crippen molar-refractivity contribution in [3.05, 3.63) is 0 Å². The van der Waals surface area contributed by atoms with Crippen molar-refractivity contribution in [3.8, 4) is 0 Å². The van der Waals surface area contributed by atoms with Crippen LogP contribution < -0.4 is 0 Å². The van der Waals surface area contributed by atoms with Crippen LogP contribution in [0.15, 0.2) is 4.99 Å². The van der Waals surface area contributed by atoms with Crippen molar-refractivity contribution < 1.29 is 14.7 Å². The summed E-state index contributed by atoms with van der Waals surface area (Å²) in [4.78, 5) is 24.7. The van der Waals surface area contributed by atoms with E-state index < -0.39 is 11.5 Å². The molecular weight excluding hydrogens is 182 g/mol. The average Bonchev–Trinajstić information content (AvgIpc) is 2.19. The van der Waals surface area contributed by atoms with Gasteiger partial charge >= 0.3 is 5.97 Å². The van der Waals surface area contributed by atoms with E-state index in [-0.39, 0.29) is 5.92 Å². The fourth-order valence-electron chi connectivity index (χ4n) is 2.07. The van der Waals surface area contributed by atoms with Gasteiger partial charge in [-0.3, -0.25) is 0 Å². The first-order valence-corrected chi connectivity index (χ1v) is 4.93. The molecule has 0 aromatic rings. The summed E-state index contributed by atoms with van der Waals surface area (Å²) in [6, 6.07) is 0. The van der Waals surface area contributed by atoms with Crippen molar-refractivity contribution in [2.45, 2.75) is 44.6 Å². The summed E-state index contributed by atoms with van der Waals surface area (Å²) in [6.45, 7) is 1.51. The molecule has 0 heterocycles. The SMILES string of the molecule is C[C@@](N=C=O)(C(=O)O)C1CCCCC1. The van der Waals surface area contributed by atoms with Crippen LogP contribution in [0.1, 0.15) is 39.0 Å². The molecule has 0 spiro atoms. The fraction of sp³-hybridized carbons (Fsp3) is 0.800. The lowest BCUT2D eigenvalue weighted by Crippen LogP contribution is -2.42. The molecule has 0 radical (unpaired) electrons. The van der Waals surface area contributed by atoms with Crippen molar-refractivity contribution in [1.29, 1.82) is 0 Å². The minimum atomic E-state index is -1.26. The molecule has 1 rings (SSSR count). The maximum absolute atomic E-state index is 11.0. The summed E-state index contributed by atoms with van der Waals surface area (Å²) in [5.74, 6) is -1.04. The van der Waals surface area contributed by atoms with E-state index in [1.807, 2.05) is 0 Å². The molecule has 0 amide bonds. The summed E-state index contributed by atoms with van der Waals surface area (Å²) in [5, 5.41) is 9.04. The molecular formula is C10H15NO3. The fourth-order valence-corrected chi connectivity index (χ4v) is 2.07. The average molecular weight is 197 g/mol. The topological polar surface area (TPSA) is 66.7 Å². The standard InChI is InChI=1S/C10H15NO3/c1-10(9(13)14,11-7-12)8-5-3-2-4-6-8/h8H,2-6H2,1H3,(H,13,14)/t10-/m0/s1. The number of aliphatic carboxylic acids is 1. The van der Waals surface area contributed by atoms with Gasteiger partial charge in [0.05, 0.1) is 0 Å². The highest BCUT2D eigenvalue weighted by Crippen LogP contribution is 2.35. The van der Waals surface area contributed by atoms with Crippen LogP contribution in [-0.4, -0.2) is 22.7 Å². The van der Waals surface area contributed by atoms with Crippen molar-refractivity contribution in [1.82, 2.24) is 0 Å². The van der Waals surface area contributed by atoms with Gasteiger partial charge in [-0.05, 0) is 25.7 Å². The molecule has 0 aliphatic heterocycles. The van der Waals surface area contributed by atoms with Gasteiger partial charge in [-0.15, -0.1) is 0 Å². The number of hydrogen-bond acceptors (Lipinski definition) is 3. The third-order valence-electron chi connectivity index (χ3n) is 3.11. The summed E-state index contributed by atoms with van der Waals surface area (Å²) in [7, 11) is 0. The predicted octanol–water partition coefficient (Wildman–Crippen LogP) is 1.75. The second-order valence-electron chi connectivity index (χ2n) is 3.99. The first kappa shape index (κ1) is 10.9. The van der Waals surface area contributed by atoms with Crippen molar-refractivity contribution >= 4 is 12.0 Å². The summed E-state index contributed by atoms with van der Waals surface area (Å²) >= 11 is 0. The van der Waals surface area contributed by atoms with Gasteiger partial charge in [0.1, 0.15) is 0 Å². The molecule has 1 aliphatic rings. The smallest absolute Gasteiger partial charge is 0.332 e. The maximum atomic E-state index is 11.0. The molecule has 78 valence electrons. The Balaban J connectivity index is 2.85. The van der Waals surface area contributed by atoms with E-state index in [4.69, 9.17) is 5.11 Å². The number of nitrogens with zero attached hydrogens (tertiary/aromatic N) is 1. The van der Waals surface area contributed by atoms with E-state index in [0.29, 0.717) is 0 Å². The van der Waals surface area contributed by atoms with E-state index >= 15 is 0 Å². The van der Waals surface area contributed by atoms with Gasteiger partial charge < -0.3 is 5.11 Å².